The SMILES string of the molecule is CCNC(=O)C(CC)N(Cc1c(Cl)cccc1Cl)C(=O)CN(c1ccccc1)S(=O)(=O)c1ccc(Cl)cc1. The Morgan fingerprint density at radius 1 is 0.868 bits per heavy atom. The van der Waals surface area contributed by atoms with Crippen molar-refractivity contribution >= 4 is 62.3 Å². The number of nitrogens with zero attached hydrogens (tertiary/aromatic N) is 2. The highest BCUT2D eigenvalue weighted by Gasteiger charge is 2.34. The van der Waals surface area contributed by atoms with Crippen molar-refractivity contribution in [1.82, 2.24) is 10.2 Å². The molecular formula is C27H28Cl3N3O4S. The molecule has 0 heterocycles. The van der Waals surface area contributed by atoms with E-state index in [9.17, 15) is 18.0 Å². The van der Waals surface area contributed by atoms with Crippen molar-refractivity contribution in [3.05, 3.63) is 93.4 Å². The van der Waals surface area contributed by atoms with Crippen LogP contribution in [-0.2, 0) is 26.2 Å². The Morgan fingerprint density at radius 2 is 1.47 bits per heavy atom. The maximum atomic E-state index is 13.9. The fourth-order valence-electron chi connectivity index (χ4n) is 3.92. The van der Waals surface area contributed by atoms with E-state index in [2.05, 4.69) is 5.32 Å². The number of carbonyl (C=O) groups is 2. The van der Waals surface area contributed by atoms with E-state index in [1.54, 1.807) is 62.4 Å². The van der Waals surface area contributed by atoms with E-state index < -0.39 is 28.5 Å². The maximum absolute atomic E-state index is 13.9. The molecule has 0 saturated carbocycles. The van der Waals surface area contributed by atoms with Crippen molar-refractivity contribution in [3.63, 3.8) is 0 Å². The molecule has 0 radical (unpaired) electrons. The van der Waals surface area contributed by atoms with Crippen LogP contribution in [0, 0.1) is 0 Å². The van der Waals surface area contributed by atoms with Gasteiger partial charge in [-0.05, 0) is 61.9 Å². The number of benzene rings is 3. The summed E-state index contributed by atoms with van der Waals surface area (Å²) in [7, 11) is -4.18. The number of carbonyl (C=O) groups excluding carboxylic acids is 2. The van der Waals surface area contributed by atoms with E-state index in [4.69, 9.17) is 34.8 Å². The standard InChI is InChI=1S/C27H28Cl3N3O4S/c1-3-25(27(35)31-4-2)32(17-22-23(29)11-8-12-24(22)30)26(34)18-33(20-9-6-5-7-10-20)38(36,37)21-15-13-19(28)14-16-21/h5-16,25H,3-4,17-18H2,1-2H3,(H,31,35). The molecule has 3 rings (SSSR count). The molecule has 11 heteroatoms. The molecular weight excluding hydrogens is 569 g/mol. The number of rotatable bonds is 11. The number of nitrogens with one attached hydrogen (secondary N) is 1. The van der Waals surface area contributed by atoms with Crippen LogP contribution >= 0.6 is 34.8 Å². The second kappa shape index (κ2) is 13.3. The molecule has 2 amide bonds. The Morgan fingerprint density at radius 3 is 2.03 bits per heavy atom. The zero-order chi connectivity index (χ0) is 27.9. The van der Waals surface area contributed by atoms with Gasteiger partial charge in [0, 0.05) is 33.7 Å². The smallest absolute Gasteiger partial charge is 0.264 e. The summed E-state index contributed by atoms with van der Waals surface area (Å²) in [5.74, 6) is -0.959. The Kier molecular flexibility index (Phi) is 10.4. The van der Waals surface area contributed by atoms with Crippen molar-refractivity contribution in [1.29, 1.82) is 0 Å². The minimum atomic E-state index is -4.18. The average molecular weight is 597 g/mol. The molecule has 7 nitrogen and oxygen atoms in total. The molecule has 202 valence electrons. The summed E-state index contributed by atoms with van der Waals surface area (Å²) in [5.41, 5.74) is 0.747. The Hall–Kier alpha value is -2.78. The zero-order valence-corrected chi connectivity index (χ0v) is 24.0. The first-order valence-electron chi connectivity index (χ1n) is 11.9. The van der Waals surface area contributed by atoms with Crippen molar-refractivity contribution in [2.24, 2.45) is 0 Å². The lowest BCUT2D eigenvalue weighted by molar-refractivity contribution is -0.140. The molecule has 0 aliphatic heterocycles. The maximum Gasteiger partial charge on any atom is 0.264 e. The highest BCUT2D eigenvalue weighted by Crippen LogP contribution is 2.29. The Balaban J connectivity index is 2.07. The van der Waals surface area contributed by atoms with E-state index in [0.29, 0.717) is 27.2 Å². The summed E-state index contributed by atoms with van der Waals surface area (Å²) in [6.45, 7) is 3.26. The molecule has 0 fully saturated rings. The summed E-state index contributed by atoms with van der Waals surface area (Å²) in [4.78, 5) is 28.2. The third-order valence-corrected chi connectivity index (χ3v) is 8.60. The highest BCUT2D eigenvalue weighted by molar-refractivity contribution is 7.92. The number of hydrogen-bond donors (Lipinski definition) is 1. The van der Waals surface area contributed by atoms with Gasteiger partial charge in [-0.3, -0.25) is 13.9 Å². The first kappa shape index (κ1) is 29.8. The van der Waals surface area contributed by atoms with Crippen LogP contribution in [0.15, 0.2) is 77.7 Å². The summed E-state index contributed by atoms with van der Waals surface area (Å²) in [5, 5.41) is 3.78. The number of amides is 2. The third kappa shape index (κ3) is 6.99. The van der Waals surface area contributed by atoms with Gasteiger partial charge in [0.25, 0.3) is 10.0 Å². The second-order valence-corrected chi connectivity index (χ2v) is 11.5. The van der Waals surface area contributed by atoms with Crippen molar-refractivity contribution in [2.45, 2.75) is 37.8 Å². The van der Waals surface area contributed by atoms with Crippen molar-refractivity contribution in [3.8, 4) is 0 Å². The predicted octanol–water partition coefficient (Wildman–Crippen LogP) is 5.79. The molecule has 1 atom stereocenters. The number of anilines is 1. The Labute approximate surface area is 238 Å². The molecule has 0 aliphatic rings. The first-order valence-corrected chi connectivity index (χ1v) is 14.5. The van der Waals surface area contributed by atoms with Gasteiger partial charge in [-0.2, -0.15) is 0 Å². The van der Waals surface area contributed by atoms with Crippen LogP contribution < -0.4 is 9.62 Å². The molecule has 0 aliphatic carbocycles. The molecule has 3 aromatic rings. The van der Waals surface area contributed by atoms with Crippen LogP contribution in [0.4, 0.5) is 5.69 Å². The lowest BCUT2D eigenvalue weighted by Crippen LogP contribution is -2.52. The van der Waals surface area contributed by atoms with Gasteiger partial charge in [-0.25, -0.2) is 8.42 Å². The molecule has 1 unspecified atom stereocenters. The summed E-state index contributed by atoms with van der Waals surface area (Å²) >= 11 is 18.8. The van der Waals surface area contributed by atoms with E-state index >= 15 is 0 Å². The van der Waals surface area contributed by atoms with Gasteiger partial charge in [-0.15, -0.1) is 0 Å². The molecule has 0 bridgehead atoms. The molecule has 0 spiro atoms. The van der Waals surface area contributed by atoms with E-state index in [1.165, 1.54) is 29.2 Å². The number of sulfonamides is 1. The number of likely N-dealkylation sites (N-methyl/N-ethyl adjacent to an activating group) is 1. The number of hydrogen-bond acceptors (Lipinski definition) is 4. The lowest BCUT2D eigenvalue weighted by atomic mass is 10.1. The number of halogens is 3. The lowest BCUT2D eigenvalue weighted by Gasteiger charge is -2.33. The summed E-state index contributed by atoms with van der Waals surface area (Å²) in [6, 6.07) is 18.0. The topological polar surface area (TPSA) is 86.8 Å². The normalized spacial score (nSPS) is 12.0. The van der Waals surface area contributed by atoms with Crippen LogP contribution in [-0.4, -0.2) is 44.3 Å². The van der Waals surface area contributed by atoms with Crippen LogP contribution in [0.5, 0.6) is 0 Å². The van der Waals surface area contributed by atoms with Gasteiger partial charge in [-0.1, -0.05) is 66.0 Å². The van der Waals surface area contributed by atoms with Crippen LogP contribution in [0.2, 0.25) is 15.1 Å². The van der Waals surface area contributed by atoms with Gasteiger partial charge in [0.2, 0.25) is 11.8 Å². The molecule has 38 heavy (non-hydrogen) atoms. The van der Waals surface area contributed by atoms with Crippen LogP contribution in [0.3, 0.4) is 0 Å². The fourth-order valence-corrected chi connectivity index (χ4v) is 5.98. The van der Waals surface area contributed by atoms with Gasteiger partial charge < -0.3 is 10.2 Å². The van der Waals surface area contributed by atoms with E-state index in [1.807, 2.05) is 0 Å². The zero-order valence-electron chi connectivity index (χ0n) is 20.9. The van der Waals surface area contributed by atoms with E-state index in [0.717, 1.165) is 4.31 Å². The molecule has 3 aromatic carbocycles. The van der Waals surface area contributed by atoms with Gasteiger partial charge in [0.1, 0.15) is 12.6 Å². The first-order chi connectivity index (χ1) is 18.1. The molecule has 0 saturated heterocycles. The highest BCUT2D eigenvalue weighted by atomic mass is 35.5. The average Bonchev–Trinajstić information content (AvgIpc) is 2.89. The van der Waals surface area contributed by atoms with Gasteiger partial charge in [0.15, 0.2) is 0 Å². The minimum Gasteiger partial charge on any atom is -0.355 e. The fraction of sp³-hybridized carbons (Fsp3) is 0.259. The summed E-state index contributed by atoms with van der Waals surface area (Å²) < 4.78 is 28.5. The molecule has 1 N–H and O–H groups in total. The third-order valence-electron chi connectivity index (χ3n) is 5.85. The molecule has 0 aromatic heterocycles. The van der Waals surface area contributed by atoms with E-state index in [-0.39, 0.29) is 29.5 Å². The quantitative estimate of drug-likeness (QED) is 0.304. The second-order valence-electron chi connectivity index (χ2n) is 8.34. The monoisotopic (exact) mass is 595 g/mol. The van der Waals surface area contributed by atoms with Crippen molar-refractivity contribution < 1.29 is 18.0 Å². The largest absolute Gasteiger partial charge is 0.355 e. The van der Waals surface area contributed by atoms with Gasteiger partial charge >= 0.3 is 0 Å². The Bertz CT molecular complexity index is 1350. The van der Waals surface area contributed by atoms with Gasteiger partial charge in [0.05, 0.1) is 10.6 Å². The van der Waals surface area contributed by atoms with Crippen molar-refractivity contribution in [2.75, 3.05) is 17.4 Å². The summed E-state index contributed by atoms with van der Waals surface area (Å²) in [6.07, 6.45) is 0.287. The minimum absolute atomic E-state index is 0.0324. The predicted molar refractivity (Wildman–Crippen MR) is 152 cm³/mol. The van der Waals surface area contributed by atoms with Crippen LogP contribution in [0.1, 0.15) is 25.8 Å². The number of para-hydroxylation sites is 1. The van der Waals surface area contributed by atoms with Crippen LogP contribution in [0.25, 0.3) is 0 Å².